The predicted molar refractivity (Wildman–Crippen MR) is 136 cm³/mol. The summed E-state index contributed by atoms with van der Waals surface area (Å²) in [4.78, 5) is 29.5. The van der Waals surface area contributed by atoms with Crippen LogP contribution in [0.5, 0.6) is 0 Å². The lowest BCUT2D eigenvalue weighted by Crippen LogP contribution is -2.12. The number of anilines is 1. The molecule has 4 rings (SSSR count). The molecule has 33 heavy (non-hydrogen) atoms. The van der Waals surface area contributed by atoms with E-state index in [4.69, 9.17) is 32.6 Å². The van der Waals surface area contributed by atoms with E-state index in [-0.39, 0.29) is 29.1 Å². The van der Waals surface area contributed by atoms with Crippen LogP contribution in [0.15, 0.2) is 57.4 Å². The zero-order chi connectivity index (χ0) is 23.9. The van der Waals surface area contributed by atoms with Crippen LogP contribution in [0.3, 0.4) is 0 Å². The Bertz CT molecular complexity index is 1400. The Hall–Kier alpha value is -2.67. The Morgan fingerprint density at radius 1 is 1.03 bits per heavy atom. The highest BCUT2D eigenvalue weighted by Crippen LogP contribution is 2.41. The van der Waals surface area contributed by atoms with Gasteiger partial charge in [0.15, 0.2) is 5.76 Å². The van der Waals surface area contributed by atoms with E-state index in [0.717, 1.165) is 15.6 Å². The summed E-state index contributed by atoms with van der Waals surface area (Å²) in [7, 11) is 0. The van der Waals surface area contributed by atoms with Crippen LogP contribution in [0.25, 0.3) is 33.5 Å². The fourth-order valence-electron chi connectivity index (χ4n) is 3.50. The Morgan fingerprint density at radius 3 is 2.33 bits per heavy atom. The van der Waals surface area contributed by atoms with Gasteiger partial charge in [0.25, 0.3) is 0 Å². The topological polar surface area (TPSA) is 72.2 Å². The molecule has 2 aromatic carbocycles. The minimum atomic E-state index is -0.325. The molecule has 0 saturated carbocycles. The van der Waals surface area contributed by atoms with E-state index in [9.17, 15) is 9.59 Å². The molecule has 5 nitrogen and oxygen atoms in total. The van der Waals surface area contributed by atoms with Gasteiger partial charge in [-0.2, -0.15) is 0 Å². The van der Waals surface area contributed by atoms with Gasteiger partial charge in [0.05, 0.1) is 16.1 Å². The Labute approximate surface area is 209 Å². The Kier molecular flexibility index (Phi) is 6.61. The van der Waals surface area contributed by atoms with Crippen LogP contribution in [0.4, 0.5) is 5.69 Å². The lowest BCUT2D eigenvalue weighted by Gasteiger charge is -2.12. The molecule has 0 aliphatic carbocycles. The van der Waals surface area contributed by atoms with Crippen LogP contribution in [0, 0.1) is 5.92 Å². The number of pyridine rings is 1. The molecule has 0 unspecified atom stereocenters. The molecule has 0 aliphatic rings. The molecule has 0 fully saturated rings. The maximum Gasteiger partial charge on any atom is 0.229 e. The molecule has 2 heterocycles. The largest absolute Gasteiger partial charge is 0.432 e. The summed E-state index contributed by atoms with van der Waals surface area (Å²) in [6.45, 7) is 4.92. The summed E-state index contributed by atoms with van der Waals surface area (Å²) in [5.41, 5.74) is 3.41. The van der Waals surface area contributed by atoms with Crippen molar-refractivity contribution in [3.05, 3.63) is 68.8 Å². The van der Waals surface area contributed by atoms with Gasteiger partial charge >= 0.3 is 0 Å². The number of hydrogen-bond donors (Lipinski definition) is 1. The molecular formula is C25H19BrCl2N2O3. The second kappa shape index (κ2) is 9.29. The first-order valence-corrected chi connectivity index (χ1v) is 11.7. The van der Waals surface area contributed by atoms with E-state index < -0.39 is 0 Å². The summed E-state index contributed by atoms with van der Waals surface area (Å²) >= 11 is 16.1. The van der Waals surface area contributed by atoms with E-state index >= 15 is 0 Å². The van der Waals surface area contributed by atoms with Gasteiger partial charge in [0.1, 0.15) is 5.69 Å². The van der Waals surface area contributed by atoms with Crippen LogP contribution >= 0.6 is 39.1 Å². The summed E-state index contributed by atoms with van der Waals surface area (Å²) in [6, 6.07) is 14.7. The molecule has 0 saturated heterocycles. The fourth-order valence-corrected chi connectivity index (χ4v) is 4.38. The summed E-state index contributed by atoms with van der Waals surface area (Å²) in [5, 5.41) is 4.37. The van der Waals surface area contributed by atoms with Crippen molar-refractivity contribution in [2.24, 2.45) is 5.92 Å². The molecular weight excluding hydrogens is 527 g/mol. The van der Waals surface area contributed by atoms with Crippen LogP contribution < -0.4 is 5.32 Å². The number of amides is 1. The van der Waals surface area contributed by atoms with Crippen molar-refractivity contribution in [3.8, 4) is 22.4 Å². The highest BCUT2D eigenvalue weighted by molar-refractivity contribution is 9.10. The standard InChI is InChI=1S/C25H19BrCl2N2O3/c1-12(2)23(32)24-22(29-13(3)31)19-11-18(14-4-7-16(27)8-5-14)21(30-25(19)33-24)17-9-6-15(26)10-20(17)28/h4-12H,1-3H3,(H,29,31). The number of fused-ring (bicyclic) bond motifs is 1. The number of benzene rings is 2. The van der Waals surface area contributed by atoms with Crippen molar-refractivity contribution >= 4 is 67.6 Å². The molecule has 8 heteroatoms. The number of carbonyl (C=O) groups excluding carboxylic acids is 2. The second-order valence-corrected chi connectivity index (χ2v) is 9.63. The van der Waals surface area contributed by atoms with Crippen LogP contribution in [0.1, 0.15) is 31.3 Å². The number of carbonyl (C=O) groups is 2. The Balaban J connectivity index is 2.07. The fraction of sp³-hybridized carbons (Fsp3) is 0.160. The summed E-state index contributed by atoms with van der Waals surface area (Å²) < 4.78 is 6.74. The van der Waals surface area contributed by atoms with Crippen molar-refractivity contribution in [2.75, 3.05) is 5.32 Å². The molecule has 1 amide bonds. The van der Waals surface area contributed by atoms with E-state index in [2.05, 4.69) is 21.2 Å². The van der Waals surface area contributed by atoms with E-state index in [1.807, 2.05) is 30.3 Å². The van der Waals surface area contributed by atoms with Crippen molar-refractivity contribution in [1.29, 1.82) is 0 Å². The maximum atomic E-state index is 12.8. The molecule has 0 bridgehead atoms. The lowest BCUT2D eigenvalue weighted by molar-refractivity contribution is -0.114. The third-order valence-electron chi connectivity index (χ3n) is 5.07. The first-order valence-electron chi connectivity index (χ1n) is 10.2. The quantitative estimate of drug-likeness (QED) is 0.257. The van der Waals surface area contributed by atoms with Crippen LogP contribution in [-0.2, 0) is 4.79 Å². The van der Waals surface area contributed by atoms with Crippen LogP contribution in [0.2, 0.25) is 10.0 Å². The number of aromatic nitrogens is 1. The van der Waals surface area contributed by atoms with Gasteiger partial charge in [0.2, 0.25) is 17.4 Å². The third kappa shape index (κ3) is 4.69. The minimum absolute atomic E-state index is 0.0730. The molecule has 0 spiro atoms. The number of hydrogen-bond acceptors (Lipinski definition) is 4. The smallest absolute Gasteiger partial charge is 0.229 e. The number of furan rings is 1. The van der Waals surface area contributed by atoms with Crippen molar-refractivity contribution in [3.63, 3.8) is 0 Å². The van der Waals surface area contributed by atoms with Gasteiger partial charge in [-0.05, 0) is 35.9 Å². The highest BCUT2D eigenvalue weighted by atomic mass is 79.9. The first-order chi connectivity index (χ1) is 15.7. The molecule has 168 valence electrons. The van der Waals surface area contributed by atoms with Crippen LogP contribution in [-0.4, -0.2) is 16.7 Å². The molecule has 1 N–H and O–H groups in total. The average Bonchev–Trinajstić information content (AvgIpc) is 3.09. The number of rotatable bonds is 5. The number of nitrogens with one attached hydrogen (secondary N) is 1. The highest BCUT2D eigenvalue weighted by Gasteiger charge is 2.26. The number of nitrogens with zero attached hydrogens (tertiary/aromatic N) is 1. The molecule has 4 aromatic rings. The summed E-state index contributed by atoms with van der Waals surface area (Å²) in [5.74, 6) is -0.797. The van der Waals surface area contributed by atoms with Gasteiger partial charge in [-0.15, -0.1) is 0 Å². The first kappa shape index (κ1) is 23.5. The second-order valence-electron chi connectivity index (χ2n) is 7.87. The SMILES string of the molecule is CC(=O)Nc1c(C(=O)C(C)C)oc2nc(-c3ccc(Br)cc3Cl)c(-c3ccc(Cl)cc3)cc12. The number of ketones is 1. The van der Waals surface area contributed by atoms with E-state index in [1.54, 1.807) is 32.0 Å². The summed E-state index contributed by atoms with van der Waals surface area (Å²) in [6.07, 6.45) is 0. The van der Waals surface area contributed by atoms with Gasteiger partial charge in [0, 0.05) is 33.5 Å². The van der Waals surface area contributed by atoms with E-state index in [1.165, 1.54) is 6.92 Å². The van der Waals surface area contributed by atoms with Gasteiger partial charge in [-0.25, -0.2) is 4.98 Å². The number of Topliss-reactive ketones (excluding diaryl/α,β-unsaturated/α-hetero) is 1. The normalized spacial score (nSPS) is 11.2. The third-order valence-corrected chi connectivity index (χ3v) is 6.13. The van der Waals surface area contributed by atoms with Crippen molar-refractivity contribution in [1.82, 2.24) is 4.98 Å². The zero-order valence-corrected chi connectivity index (χ0v) is 21.1. The van der Waals surface area contributed by atoms with Crippen molar-refractivity contribution < 1.29 is 14.0 Å². The van der Waals surface area contributed by atoms with Gasteiger partial charge < -0.3 is 9.73 Å². The average molecular weight is 546 g/mol. The van der Waals surface area contributed by atoms with Gasteiger partial charge in [-0.1, -0.05) is 71.2 Å². The predicted octanol–water partition coefficient (Wildman–Crippen LogP) is 8.03. The molecule has 0 aliphatic heterocycles. The van der Waals surface area contributed by atoms with E-state index in [0.29, 0.717) is 32.4 Å². The molecule has 0 atom stereocenters. The monoisotopic (exact) mass is 544 g/mol. The lowest BCUT2D eigenvalue weighted by atomic mass is 9.97. The number of halogens is 3. The Morgan fingerprint density at radius 2 is 1.73 bits per heavy atom. The van der Waals surface area contributed by atoms with Crippen molar-refractivity contribution in [2.45, 2.75) is 20.8 Å². The maximum absolute atomic E-state index is 12.8. The molecule has 2 aromatic heterocycles. The molecule has 0 radical (unpaired) electrons. The minimum Gasteiger partial charge on any atom is -0.432 e. The zero-order valence-electron chi connectivity index (χ0n) is 18.0. The van der Waals surface area contributed by atoms with Gasteiger partial charge in [-0.3, -0.25) is 9.59 Å².